The zero-order valence-electron chi connectivity index (χ0n) is 30.6. The third-order valence-electron chi connectivity index (χ3n) is 12.5. The lowest BCUT2D eigenvalue weighted by atomic mass is 9.72. The number of carbonyl (C=O) groups excluding carboxylic acids is 2. The van der Waals surface area contributed by atoms with Crippen LogP contribution in [0.15, 0.2) is 42.7 Å². The lowest BCUT2D eigenvalue weighted by Crippen LogP contribution is -2.59. The van der Waals surface area contributed by atoms with Crippen molar-refractivity contribution in [2.75, 3.05) is 49.6 Å². The van der Waals surface area contributed by atoms with E-state index >= 15 is 0 Å². The minimum atomic E-state index is -0.968. The first-order valence-electron chi connectivity index (χ1n) is 19.1. The molecule has 1 N–H and O–H groups in total. The van der Waals surface area contributed by atoms with Gasteiger partial charge in [-0.25, -0.2) is 9.97 Å². The molecule has 4 aromatic rings. The van der Waals surface area contributed by atoms with Gasteiger partial charge in [0.1, 0.15) is 5.52 Å². The van der Waals surface area contributed by atoms with Crippen molar-refractivity contribution in [1.82, 2.24) is 29.3 Å². The Balaban J connectivity index is 1.09. The molecule has 0 bridgehead atoms. The van der Waals surface area contributed by atoms with Gasteiger partial charge in [0.25, 0.3) is 0 Å². The molecule has 5 aliphatic rings. The fourth-order valence-electron chi connectivity index (χ4n) is 9.27. The number of halogens is 2. The predicted octanol–water partition coefficient (Wildman–Crippen LogP) is 6.36. The average molecular weight is 725 g/mol. The van der Waals surface area contributed by atoms with E-state index in [0.717, 1.165) is 48.8 Å². The Morgan fingerprint density at radius 1 is 0.962 bits per heavy atom. The summed E-state index contributed by atoms with van der Waals surface area (Å²) in [4.78, 5) is 48.0. The van der Waals surface area contributed by atoms with Crippen LogP contribution in [0, 0.1) is 17.3 Å². The number of likely N-dealkylation sites (tertiary alicyclic amines) is 2. The van der Waals surface area contributed by atoms with Crippen molar-refractivity contribution in [3.8, 4) is 11.3 Å². The lowest BCUT2D eigenvalue weighted by molar-refractivity contribution is -0.170. The van der Waals surface area contributed by atoms with E-state index in [1.807, 2.05) is 42.4 Å². The second-order valence-electron chi connectivity index (χ2n) is 16.3. The number of hydrogen-bond acceptors (Lipinski definition) is 8. The number of anilines is 3. The molecule has 53 heavy (non-hydrogen) atoms. The van der Waals surface area contributed by atoms with Crippen LogP contribution >= 0.6 is 0 Å². The van der Waals surface area contributed by atoms with Crippen molar-refractivity contribution in [3.05, 3.63) is 60.2 Å². The number of hydrogen-bond donors (Lipinski definition) is 1. The number of imidazole rings is 1. The number of carbonyl (C=O) groups is 2. The third kappa shape index (κ3) is 5.60. The molecule has 1 saturated carbocycles. The number of pyridine rings is 2. The molecule has 9 rings (SSSR count). The van der Waals surface area contributed by atoms with Crippen molar-refractivity contribution in [2.45, 2.75) is 89.3 Å². The number of ether oxygens (including phenoxy) is 1. The Labute approximate surface area is 307 Å². The Hall–Kier alpha value is -4.49. The highest BCUT2D eigenvalue weighted by Gasteiger charge is 2.56. The number of rotatable bonds is 7. The molecule has 0 radical (unpaired) electrons. The van der Waals surface area contributed by atoms with Gasteiger partial charge in [-0.05, 0) is 102 Å². The highest BCUT2D eigenvalue weighted by Crippen LogP contribution is 2.52. The number of fused-ring (bicyclic) bond motifs is 3. The molecule has 11 nitrogen and oxygen atoms in total. The van der Waals surface area contributed by atoms with E-state index in [1.165, 1.54) is 25.3 Å². The van der Waals surface area contributed by atoms with Crippen LogP contribution in [0.2, 0.25) is 0 Å². The normalized spacial score (nSPS) is 23.7. The van der Waals surface area contributed by atoms with Gasteiger partial charge in [0, 0.05) is 42.5 Å². The van der Waals surface area contributed by atoms with E-state index in [2.05, 4.69) is 37.2 Å². The summed E-state index contributed by atoms with van der Waals surface area (Å²) in [7, 11) is 0. The predicted molar refractivity (Wildman–Crippen MR) is 197 cm³/mol. The molecule has 1 spiro atoms. The molecule has 278 valence electrons. The van der Waals surface area contributed by atoms with Gasteiger partial charge in [0.2, 0.25) is 23.7 Å². The Morgan fingerprint density at radius 3 is 2.40 bits per heavy atom. The third-order valence-corrected chi connectivity index (χ3v) is 12.5. The van der Waals surface area contributed by atoms with E-state index < -0.39 is 22.7 Å². The van der Waals surface area contributed by atoms with Gasteiger partial charge in [-0.3, -0.25) is 9.59 Å². The van der Waals surface area contributed by atoms with Crippen molar-refractivity contribution < 1.29 is 23.1 Å². The van der Waals surface area contributed by atoms with Gasteiger partial charge in [-0.1, -0.05) is 18.6 Å². The Kier molecular flexibility index (Phi) is 8.30. The Bertz CT molecular complexity index is 2090. The van der Waals surface area contributed by atoms with Crippen LogP contribution in [-0.2, 0) is 19.7 Å². The zero-order chi connectivity index (χ0) is 36.6. The fourth-order valence-corrected chi connectivity index (χ4v) is 9.27. The largest absolute Gasteiger partial charge is 0.379 e. The molecule has 0 atom stereocenters. The van der Waals surface area contributed by atoms with Crippen LogP contribution in [0.1, 0.15) is 77.3 Å². The van der Waals surface area contributed by atoms with E-state index in [0.29, 0.717) is 67.7 Å². The molecule has 4 aliphatic heterocycles. The summed E-state index contributed by atoms with van der Waals surface area (Å²) in [6.45, 7) is 10.2. The van der Waals surface area contributed by atoms with Crippen molar-refractivity contribution in [2.24, 2.45) is 5.41 Å². The van der Waals surface area contributed by atoms with E-state index in [9.17, 15) is 18.4 Å². The van der Waals surface area contributed by atoms with Gasteiger partial charge >= 0.3 is 0 Å². The van der Waals surface area contributed by atoms with Crippen LogP contribution in [-0.4, -0.2) is 92.6 Å². The maximum atomic E-state index is 14.9. The molecule has 1 aromatic carbocycles. The van der Waals surface area contributed by atoms with Gasteiger partial charge in [0.05, 0.1) is 47.3 Å². The molecule has 4 fully saturated rings. The van der Waals surface area contributed by atoms with Gasteiger partial charge < -0.3 is 29.3 Å². The lowest BCUT2D eigenvalue weighted by Gasteiger charge is -2.48. The second-order valence-corrected chi connectivity index (χ2v) is 16.3. The summed E-state index contributed by atoms with van der Waals surface area (Å²) in [5.74, 6) is -1.26. The summed E-state index contributed by atoms with van der Waals surface area (Å²) in [6, 6.07) is 11.1. The highest BCUT2D eigenvalue weighted by atomic mass is 19.1. The van der Waals surface area contributed by atoms with Crippen LogP contribution in [0.4, 0.5) is 26.0 Å². The standard InChI is InChI=1S/C40H46F2N8O3/c1-24(2)49-23-43-31-20-30(45-36(34(31)49)44-29-9-10-33(41)46-35(29)42)25-7-8-28-32(17-25)50(27-18-26(19-27)47-13-5-4-6-14-47)38(52)40(28)11-15-48(16-12-40)37(51)39(3)21-53-22-39/h7-10,17,20,23-24,26-27H,4-6,11-16,18-19,21-22H2,1-3H3,(H,44,45)/t26-,27+. The number of benzene rings is 1. The summed E-state index contributed by atoms with van der Waals surface area (Å²) < 4.78 is 35.9. The highest BCUT2D eigenvalue weighted by molar-refractivity contribution is 6.09. The molecule has 1 aliphatic carbocycles. The van der Waals surface area contributed by atoms with Gasteiger partial charge in [-0.2, -0.15) is 13.8 Å². The van der Waals surface area contributed by atoms with Gasteiger partial charge in [-0.15, -0.1) is 0 Å². The fraction of sp³-hybridized carbons (Fsp3) is 0.525. The molecule has 7 heterocycles. The molecule has 3 saturated heterocycles. The molecule has 3 aromatic heterocycles. The zero-order valence-corrected chi connectivity index (χ0v) is 30.6. The molecular weight excluding hydrogens is 678 g/mol. The summed E-state index contributed by atoms with van der Waals surface area (Å²) in [6.07, 6.45) is 8.51. The quantitative estimate of drug-likeness (QED) is 0.220. The summed E-state index contributed by atoms with van der Waals surface area (Å²) >= 11 is 0. The van der Waals surface area contributed by atoms with E-state index in [-0.39, 0.29) is 29.6 Å². The Morgan fingerprint density at radius 2 is 1.72 bits per heavy atom. The molecule has 13 heteroatoms. The minimum absolute atomic E-state index is 0.00146. The summed E-state index contributed by atoms with van der Waals surface area (Å²) in [5.41, 5.74) is 3.50. The van der Waals surface area contributed by atoms with Crippen molar-refractivity contribution >= 4 is 40.0 Å². The maximum absolute atomic E-state index is 14.9. The average Bonchev–Trinajstić information content (AvgIpc) is 3.66. The number of piperidine rings is 2. The smallest absolute Gasteiger partial charge is 0.239 e. The number of amides is 2. The van der Waals surface area contributed by atoms with Crippen molar-refractivity contribution in [3.63, 3.8) is 0 Å². The van der Waals surface area contributed by atoms with Gasteiger partial charge in [0.15, 0.2) is 5.82 Å². The SMILES string of the molecule is CC(C)n1cnc2cc(-c3ccc4c(c3)N([C@H]3C[C@@H](N5CCCCC5)C3)C(=O)C43CCN(C(=O)C4(C)COC4)CC3)nc(Nc3ccc(F)nc3F)c21. The molecule has 2 amide bonds. The maximum Gasteiger partial charge on any atom is 0.239 e. The minimum Gasteiger partial charge on any atom is -0.379 e. The number of aromatic nitrogens is 4. The van der Waals surface area contributed by atoms with Crippen molar-refractivity contribution in [1.29, 1.82) is 0 Å². The monoisotopic (exact) mass is 724 g/mol. The van der Waals surface area contributed by atoms with Crippen LogP contribution < -0.4 is 10.2 Å². The first kappa shape index (κ1) is 34.3. The van der Waals surface area contributed by atoms with Crippen LogP contribution in [0.5, 0.6) is 0 Å². The van der Waals surface area contributed by atoms with E-state index in [1.54, 1.807) is 6.33 Å². The second kappa shape index (κ2) is 12.8. The number of nitrogens with zero attached hydrogens (tertiary/aromatic N) is 7. The molecular formula is C40H46F2N8O3. The van der Waals surface area contributed by atoms with Crippen LogP contribution in [0.3, 0.4) is 0 Å². The first-order valence-corrected chi connectivity index (χ1v) is 19.1. The topological polar surface area (TPSA) is 109 Å². The van der Waals surface area contributed by atoms with Crippen LogP contribution in [0.25, 0.3) is 22.3 Å². The van der Waals surface area contributed by atoms with E-state index in [4.69, 9.17) is 9.72 Å². The first-order chi connectivity index (χ1) is 25.5. The molecule has 0 unspecified atom stereocenters. The summed E-state index contributed by atoms with van der Waals surface area (Å²) in [5, 5.41) is 3.07. The number of nitrogens with one attached hydrogen (secondary N) is 1.